The van der Waals surface area contributed by atoms with E-state index in [1.54, 1.807) is 15.6 Å². The highest BCUT2D eigenvalue weighted by atomic mass is 16.5. The van der Waals surface area contributed by atoms with Crippen molar-refractivity contribution in [3.63, 3.8) is 0 Å². The second kappa shape index (κ2) is 6.35. The fourth-order valence-corrected chi connectivity index (χ4v) is 3.24. The molecule has 1 fully saturated rings. The van der Waals surface area contributed by atoms with Crippen molar-refractivity contribution >= 4 is 11.9 Å². The monoisotopic (exact) mass is 341 g/mol. The summed E-state index contributed by atoms with van der Waals surface area (Å²) in [5.74, 6) is -0.425. The molecule has 6 nitrogen and oxygen atoms in total. The molecule has 1 amide bonds. The molecule has 1 aliphatic heterocycles. The van der Waals surface area contributed by atoms with Crippen LogP contribution >= 0.6 is 0 Å². The summed E-state index contributed by atoms with van der Waals surface area (Å²) < 4.78 is 6.63. The summed E-state index contributed by atoms with van der Waals surface area (Å²) in [6.07, 6.45) is 0.600. The maximum atomic E-state index is 12.8. The Bertz CT molecular complexity index is 810. The van der Waals surface area contributed by atoms with Crippen LogP contribution < -0.4 is 0 Å². The van der Waals surface area contributed by atoms with Crippen molar-refractivity contribution in [2.45, 2.75) is 27.2 Å². The van der Waals surface area contributed by atoms with Gasteiger partial charge in [0, 0.05) is 18.8 Å². The second-order valence-corrected chi connectivity index (χ2v) is 6.95. The molecule has 3 rings (SSSR count). The minimum absolute atomic E-state index is 0.151. The van der Waals surface area contributed by atoms with E-state index in [0.29, 0.717) is 25.2 Å². The molecular formula is C19H23N3O3. The van der Waals surface area contributed by atoms with Gasteiger partial charge in [-0.15, -0.1) is 0 Å². The van der Waals surface area contributed by atoms with Crippen LogP contribution in [-0.2, 0) is 9.53 Å². The third-order valence-corrected chi connectivity index (χ3v) is 4.82. The van der Waals surface area contributed by atoms with Gasteiger partial charge in [-0.1, -0.05) is 17.7 Å². The molecule has 0 N–H and O–H groups in total. The number of ether oxygens (including phenoxy) is 1. The first-order chi connectivity index (χ1) is 11.8. The lowest BCUT2D eigenvalue weighted by atomic mass is 9.90. The highest BCUT2D eigenvalue weighted by molar-refractivity contribution is 5.93. The van der Waals surface area contributed by atoms with E-state index in [0.717, 1.165) is 11.4 Å². The molecule has 25 heavy (non-hydrogen) atoms. The molecule has 0 spiro atoms. The van der Waals surface area contributed by atoms with Crippen LogP contribution in [0.3, 0.4) is 0 Å². The number of carbonyl (C=O) groups excluding carboxylic acids is 2. The van der Waals surface area contributed by atoms with Gasteiger partial charge in [0.25, 0.3) is 5.91 Å². The molecule has 132 valence electrons. The lowest BCUT2D eigenvalue weighted by Crippen LogP contribution is -2.35. The topological polar surface area (TPSA) is 64.4 Å². The average Bonchev–Trinajstić information content (AvgIpc) is 3.18. The van der Waals surface area contributed by atoms with Gasteiger partial charge in [-0.3, -0.25) is 9.59 Å². The molecular weight excluding hydrogens is 318 g/mol. The predicted octanol–water partition coefficient (Wildman–Crippen LogP) is 2.51. The minimum atomic E-state index is -0.640. The Labute approximate surface area is 147 Å². The molecule has 6 heteroatoms. The summed E-state index contributed by atoms with van der Waals surface area (Å²) in [5, 5.41) is 4.48. The molecule has 0 saturated carbocycles. The molecule has 0 radical (unpaired) electrons. The van der Waals surface area contributed by atoms with Crippen LogP contribution in [-0.4, -0.2) is 46.8 Å². The minimum Gasteiger partial charge on any atom is -0.469 e. The van der Waals surface area contributed by atoms with Crippen LogP contribution in [0.25, 0.3) is 5.69 Å². The summed E-state index contributed by atoms with van der Waals surface area (Å²) in [5.41, 5.74) is 2.74. The third-order valence-electron chi connectivity index (χ3n) is 4.82. The first kappa shape index (κ1) is 17.2. The zero-order valence-electron chi connectivity index (χ0n) is 15.1. The number of rotatable bonds is 3. The molecule has 2 heterocycles. The lowest BCUT2D eigenvalue weighted by Gasteiger charge is -2.21. The van der Waals surface area contributed by atoms with Gasteiger partial charge in [0.05, 0.1) is 18.2 Å². The number of hydrogen-bond acceptors (Lipinski definition) is 4. The number of esters is 1. The summed E-state index contributed by atoms with van der Waals surface area (Å²) in [7, 11) is 1.38. The van der Waals surface area contributed by atoms with Crippen molar-refractivity contribution in [3.8, 4) is 5.69 Å². The number of hydrogen-bond donors (Lipinski definition) is 0. The molecule has 2 aromatic rings. The molecule has 1 aromatic carbocycles. The Morgan fingerprint density at radius 3 is 2.52 bits per heavy atom. The number of benzene rings is 1. The molecule has 0 bridgehead atoms. The number of aromatic nitrogens is 2. The SMILES string of the molecule is COC(=O)[C@]1(C)CCN(C(=O)c2cc(C)n(-c3ccc(C)cc3)n2)C1. The first-order valence-electron chi connectivity index (χ1n) is 8.35. The predicted molar refractivity (Wildman–Crippen MR) is 93.7 cm³/mol. The second-order valence-electron chi connectivity index (χ2n) is 6.95. The zero-order valence-corrected chi connectivity index (χ0v) is 15.1. The largest absolute Gasteiger partial charge is 0.469 e. The highest BCUT2D eigenvalue weighted by Crippen LogP contribution is 2.32. The van der Waals surface area contributed by atoms with Gasteiger partial charge >= 0.3 is 5.97 Å². The van der Waals surface area contributed by atoms with Crippen molar-refractivity contribution in [1.82, 2.24) is 14.7 Å². The van der Waals surface area contributed by atoms with Gasteiger partial charge in [-0.2, -0.15) is 5.10 Å². The van der Waals surface area contributed by atoms with Crippen molar-refractivity contribution in [2.75, 3.05) is 20.2 Å². The van der Waals surface area contributed by atoms with Crippen molar-refractivity contribution in [1.29, 1.82) is 0 Å². The Morgan fingerprint density at radius 2 is 1.88 bits per heavy atom. The van der Waals surface area contributed by atoms with Gasteiger partial charge in [0.15, 0.2) is 5.69 Å². The molecule has 1 aromatic heterocycles. The Kier molecular flexibility index (Phi) is 4.37. The van der Waals surface area contributed by atoms with E-state index in [-0.39, 0.29) is 11.9 Å². The van der Waals surface area contributed by atoms with Crippen LogP contribution in [0, 0.1) is 19.3 Å². The first-order valence-corrected chi connectivity index (χ1v) is 8.35. The summed E-state index contributed by atoms with van der Waals surface area (Å²) in [6, 6.07) is 9.78. The van der Waals surface area contributed by atoms with E-state index in [9.17, 15) is 9.59 Å². The highest BCUT2D eigenvalue weighted by Gasteiger charge is 2.43. The lowest BCUT2D eigenvalue weighted by molar-refractivity contribution is -0.150. The average molecular weight is 341 g/mol. The number of amides is 1. The summed E-state index contributed by atoms with van der Waals surface area (Å²) >= 11 is 0. The Hall–Kier alpha value is -2.63. The van der Waals surface area contributed by atoms with Gasteiger partial charge in [0.2, 0.25) is 0 Å². The number of nitrogens with zero attached hydrogens (tertiary/aromatic N) is 3. The van der Waals surface area contributed by atoms with E-state index >= 15 is 0 Å². The number of likely N-dealkylation sites (tertiary alicyclic amines) is 1. The van der Waals surface area contributed by atoms with Gasteiger partial charge in [-0.25, -0.2) is 4.68 Å². The van der Waals surface area contributed by atoms with Crippen LogP contribution in [0.2, 0.25) is 0 Å². The standard InChI is InChI=1S/C19H23N3O3/c1-13-5-7-15(8-6-13)22-14(2)11-16(20-22)17(23)21-10-9-19(3,12-21)18(24)25-4/h5-8,11H,9-10,12H2,1-4H3/t19-/m1/s1. The maximum absolute atomic E-state index is 12.8. The Balaban J connectivity index is 1.81. The zero-order chi connectivity index (χ0) is 18.2. The number of methoxy groups -OCH3 is 1. The fraction of sp³-hybridized carbons (Fsp3) is 0.421. The Morgan fingerprint density at radius 1 is 1.20 bits per heavy atom. The smallest absolute Gasteiger partial charge is 0.313 e. The van der Waals surface area contributed by atoms with Crippen molar-refractivity contribution in [3.05, 3.63) is 47.3 Å². The third kappa shape index (κ3) is 3.16. The van der Waals surface area contributed by atoms with E-state index in [4.69, 9.17) is 4.74 Å². The van der Waals surface area contributed by atoms with Crippen LogP contribution in [0.15, 0.2) is 30.3 Å². The van der Waals surface area contributed by atoms with E-state index in [2.05, 4.69) is 5.10 Å². The van der Waals surface area contributed by atoms with Crippen LogP contribution in [0.1, 0.15) is 35.1 Å². The summed E-state index contributed by atoms with van der Waals surface area (Å²) in [4.78, 5) is 26.4. The summed E-state index contributed by atoms with van der Waals surface area (Å²) in [6.45, 7) is 6.67. The van der Waals surface area contributed by atoms with Crippen molar-refractivity contribution in [2.24, 2.45) is 5.41 Å². The quantitative estimate of drug-likeness (QED) is 0.805. The van der Waals surface area contributed by atoms with Crippen LogP contribution in [0.4, 0.5) is 0 Å². The molecule has 0 aliphatic carbocycles. The van der Waals surface area contributed by atoms with Gasteiger partial charge < -0.3 is 9.64 Å². The van der Waals surface area contributed by atoms with E-state index in [1.165, 1.54) is 12.7 Å². The van der Waals surface area contributed by atoms with Crippen molar-refractivity contribution < 1.29 is 14.3 Å². The fourth-order valence-electron chi connectivity index (χ4n) is 3.24. The van der Waals surface area contributed by atoms with E-state index < -0.39 is 5.41 Å². The van der Waals surface area contributed by atoms with Gasteiger partial charge in [0.1, 0.15) is 0 Å². The van der Waals surface area contributed by atoms with Gasteiger partial charge in [-0.05, 0) is 45.4 Å². The molecule has 1 aliphatic rings. The number of carbonyl (C=O) groups is 2. The maximum Gasteiger partial charge on any atom is 0.313 e. The van der Waals surface area contributed by atoms with Crippen LogP contribution in [0.5, 0.6) is 0 Å². The normalized spacial score (nSPS) is 19.9. The molecule has 1 atom stereocenters. The van der Waals surface area contributed by atoms with E-state index in [1.807, 2.05) is 45.0 Å². The molecule has 1 saturated heterocycles. The molecule has 0 unspecified atom stereocenters. The number of aryl methyl sites for hydroxylation is 2.